The van der Waals surface area contributed by atoms with Gasteiger partial charge in [0.15, 0.2) is 11.4 Å². The van der Waals surface area contributed by atoms with E-state index in [1.165, 1.54) is 42.5 Å². The number of ether oxygens (including phenoxy) is 3. The molecule has 0 saturated heterocycles. The number of benzene rings is 4. The molecule has 1 amide bonds. The molecule has 2 atom stereocenters. The zero-order valence-electron chi connectivity index (χ0n) is 27.4. The van der Waals surface area contributed by atoms with E-state index in [9.17, 15) is 39.3 Å². The standard InChI is InChI=1S/C38H30N3O11/c1-41-17-19(23-4-2-3-5-29(23)41)14-28(39)35(46)40-20(18-42)6-13-32(45)51-34-24(36(47)48)9-12-27-33(34)37(49)52-38(27)25-10-7-21(43)15-30(25)50-31-16-22(44)8-11-26(31)38/h2-5,7-12,15-17,20,28,43-44H,6,13-14,39H2,1H3,(H,40,46)(H,47,48)/t20-,28-/m0/s1. The molecule has 6 N–H and O–H groups in total. The summed E-state index contributed by atoms with van der Waals surface area (Å²) >= 11 is 0. The zero-order valence-corrected chi connectivity index (χ0v) is 27.4. The van der Waals surface area contributed by atoms with Crippen LogP contribution in [0.5, 0.6) is 28.7 Å². The number of aromatic nitrogens is 1. The van der Waals surface area contributed by atoms with Crippen LogP contribution < -0.4 is 20.5 Å². The first-order valence-corrected chi connectivity index (χ1v) is 16.1. The van der Waals surface area contributed by atoms with E-state index in [1.807, 2.05) is 42.1 Å². The number of phenols is 2. The molecule has 1 aromatic heterocycles. The van der Waals surface area contributed by atoms with Gasteiger partial charge in [0.05, 0.1) is 12.1 Å². The monoisotopic (exact) mass is 704 g/mol. The summed E-state index contributed by atoms with van der Waals surface area (Å²) in [6, 6.07) is 16.1. The Balaban J connectivity index is 1.13. The summed E-state index contributed by atoms with van der Waals surface area (Å²) < 4.78 is 19.4. The number of hydrogen-bond acceptors (Lipinski definition) is 11. The minimum absolute atomic E-state index is 0.0923. The first kappa shape index (κ1) is 33.8. The fourth-order valence-electron chi connectivity index (χ4n) is 6.82. The molecule has 0 saturated carbocycles. The Morgan fingerprint density at radius 2 is 1.63 bits per heavy atom. The quantitative estimate of drug-likeness (QED) is 0.104. The fourth-order valence-corrected chi connectivity index (χ4v) is 6.82. The number of fused-ring (bicyclic) bond motifs is 7. The molecule has 0 fully saturated rings. The first-order chi connectivity index (χ1) is 24.9. The van der Waals surface area contributed by atoms with Gasteiger partial charge in [0.2, 0.25) is 12.2 Å². The first-order valence-electron chi connectivity index (χ1n) is 16.1. The second kappa shape index (κ2) is 12.9. The van der Waals surface area contributed by atoms with Crippen LogP contribution in [0.15, 0.2) is 79.0 Å². The molecule has 0 aliphatic carbocycles. The number of carboxylic acids is 1. The number of hydrogen-bond donors (Lipinski definition) is 5. The summed E-state index contributed by atoms with van der Waals surface area (Å²) in [5, 5.41) is 33.8. The maximum absolute atomic E-state index is 13.7. The van der Waals surface area contributed by atoms with E-state index in [4.69, 9.17) is 19.9 Å². The van der Waals surface area contributed by atoms with Crippen molar-refractivity contribution < 1.29 is 53.5 Å². The topological polar surface area (TPSA) is 217 Å². The number of nitrogens with zero attached hydrogens (tertiary/aromatic N) is 1. The van der Waals surface area contributed by atoms with Crippen molar-refractivity contribution in [1.82, 2.24) is 9.88 Å². The number of aryl methyl sites for hydroxylation is 1. The van der Waals surface area contributed by atoms with E-state index in [2.05, 4.69) is 5.32 Å². The lowest BCUT2D eigenvalue weighted by Crippen LogP contribution is -2.47. The highest BCUT2D eigenvalue weighted by Gasteiger charge is 2.55. The van der Waals surface area contributed by atoms with Gasteiger partial charge in [0, 0.05) is 59.4 Å². The lowest BCUT2D eigenvalue weighted by atomic mass is 9.77. The second-order valence-electron chi connectivity index (χ2n) is 12.5. The Bertz CT molecular complexity index is 2280. The lowest BCUT2D eigenvalue weighted by molar-refractivity contribution is -0.134. The largest absolute Gasteiger partial charge is 0.508 e. The summed E-state index contributed by atoms with van der Waals surface area (Å²) in [6.07, 6.45) is 2.98. The highest BCUT2D eigenvalue weighted by atomic mass is 16.6. The van der Waals surface area contributed by atoms with Crippen molar-refractivity contribution in [3.63, 3.8) is 0 Å². The minimum Gasteiger partial charge on any atom is -0.508 e. The Morgan fingerprint density at radius 1 is 0.981 bits per heavy atom. The average molecular weight is 705 g/mol. The third-order valence-corrected chi connectivity index (χ3v) is 9.19. The van der Waals surface area contributed by atoms with Crippen LogP contribution in [0, 0.1) is 0 Å². The van der Waals surface area contributed by atoms with E-state index in [0.29, 0.717) is 0 Å². The number of nitrogens with two attached hydrogens (primary N) is 1. The van der Waals surface area contributed by atoms with Crippen LogP contribution in [0.1, 0.15) is 55.8 Å². The smallest absolute Gasteiger partial charge is 0.344 e. The Morgan fingerprint density at radius 3 is 2.29 bits per heavy atom. The normalized spacial score (nSPS) is 14.7. The minimum atomic E-state index is -1.75. The number of aromatic hydroxyl groups is 2. The van der Waals surface area contributed by atoms with E-state index in [-0.39, 0.29) is 58.1 Å². The zero-order chi connectivity index (χ0) is 36.9. The Kier molecular flexibility index (Phi) is 8.39. The molecule has 52 heavy (non-hydrogen) atoms. The van der Waals surface area contributed by atoms with Crippen molar-refractivity contribution in [3.8, 4) is 28.7 Å². The van der Waals surface area contributed by atoms with Crippen LogP contribution in [0.25, 0.3) is 10.9 Å². The number of carbonyl (C=O) groups excluding carboxylic acids is 4. The third-order valence-electron chi connectivity index (χ3n) is 9.19. The van der Waals surface area contributed by atoms with Crippen molar-refractivity contribution in [3.05, 3.63) is 112 Å². The van der Waals surface area contributed by atoms with Crippen molar-refractivity contribution in [2.24, 2.45) is 12.8 Å². The maximum Gasteiger partial charge on any atom is 0.344 e. The maximum atomic E-state index is 13.7. The van der Waals surface area contributed by atoms with E-state index >= 15 is 0 Å². The number of esters is 2. The molecule has 0 unspecified atom stereocenters. The predicted octanol–water partition coefficient (Wildman–Crippen LogP) is 3.71. The van der Waals surface area contributed by atoms with Gasteiger partial charge in [-0.25, -0.2) is 9.59 Å². The summed E-state index contributed by atoms with van der Waals surface area (Å²) in [7, 11) is 1.87. The van der Waals surface area contributed by atoms with Crippen molar-refractivity contribution in [1.29, 1.82) is 0 Å². The van der Waals surface area contributed by atoms with E-state index in [1.54, 1.807) is 6.29 Å². The van der Waals surface area contributed by atoms with Crippen LogP contribution in [-0.2, 0) is 38.2 Å². The molecule has 3 heterocycles. The summed E-state index contributed by atoms with van der Waals surface area (Å²) in [6.45, 7) is 0. The number of amides is 1. The molecular formula is C38H30N3O11. The fraction of sp³-hybridized carbons (Fsp3) is 0.184. The van der Waals surface area contributed by atoms with Crippen LogP contribution in [0.4, 0.5) is 0 Å². The molecule has 14 heteroatoms. The van der Waals surface area contributed by atoms with Crippen LogP contribution in [0.2, 0.25) is 0 Å². The van der Waals surface area contributed by atoms with Gasteiger partial charge in [-0.15, -0.1) is 0 Å². The van der Waals surface area contributed by atoms with E-state index < -0.39 is 59.2 Å². The highest BCUT2D eigenvalue weighted by molar-refractivity contribution is 6.05. The van der Waals surface area contributed by atoms with Crippen LogP contribution in [-0.4, -0.2) is 62.1 Å². The number of carboxylic acid groups (broad SMARTS) is 1. The molecule has 0 bridgehead atoms. The number of nitrogens with one attached hydrogen (secondary N) is 1. The van der Waals surface area contributed by atoms with Crippen molar-refractivity contribution in [2.45, 2.75) is 36.9 Å². The van der Waals surface area contributed by atoms with Gasteiger partial charge in [-0.1, -0.05) is 24.3 Å². The molecular weight excluding hydrogens is 674 g/mol. The van der Waals surface area contributed by atoms with Gasteiger partial charge in [-0.2, -0.15) is 0 Å². The van der Waals surface area contributed by atoms with Crippen LogP contribution >= 0.6 is 0 Å². The molecule has 5 aromatic rings. The van der Waals surface area contributed by atoms with Gasteiger partial charge in [0.1, 0.15) is 34.1 Å². The van der Waals surface area contributed by atoms with Crippen molar-refractivity contribution in [2.75, 3.05) is 0 Å². The van der Waals surface area contributed by atoms with E-state index in [0.717, 1.165) is 22.5 Å². The molecule has 1 radical (unpaired) electrons. The molecule has 4 aromatic carbocycles. The highest BCUT2D eigenvalue weighted by Crippen LogP contribution is 2.58. The summed E-state index contributed by atoms with van der Waals surface area (Å²) in [4.78, 5) is 64.0. The van der Waals surface area contributed by atoms with Crippen LogP contribution in [0.3, 0.4) is 0 Å². The SMILES string of the molecule is Cn1cc(C[C@H](N)C(=O)N[C@H]([C]=O)CCC(=O)Oc2c(C(=O)O)ccc3c2C(=O)OC32c3ccc(O)cc3Oc3cc(O)ccc32)c2ccccc21. The summed E-state index contributed by atoms with van der Waals surface area (Å²) in [5.41, 5.74) is 6.02. The third kappa shape index (κ3) is 5.64. The Hall–Kier alpha value is -6.67. The number of carbonyl (C=O) groups is 4. The number of phenolic OH excluding ortho intramolecular Hbond substituents is 2. The molecule has 7 rings (SSSR count). The molecule has 2 aliphatic heterocycles. The van der Waals surface area contributed by atoms with Crippen molar-refractivity contribution >= 4 is 41.0 Å². The Labute approximate surface area is 294 Å². The number of para-hydroxylation sites is 1. The molecule has 263 valence electrons. The molecule has 1 spiro atoms. The van der Waals surface area contributed by atoms with Gasteiger partial charge in [-0.3, -0.25) is 14.4 Å². The number of aromatic carboxylic acids is 1. The van der Waals surface area contributed by atoms with Gasteiger partial charge in [-0.05, 0) is 54.8 Å². The molecule has 2 aliphatic rings. The second-order valence-corrected chi connectivity index (χ2v) is 12.5. The van der Waals surface area contributed by atoms with Gasteiger partial charge < -0.3 is 45.1 Å². The predicted molar refractivity (Wildman–Crippen MR) is 182 cm³/mol. The summed E-state index contributed by atoms with van der Waals surface area (Å²) in [5.74, 6) is -4.90. The lowest BCUT2D eigenvalue weighted by Gasteiger charge is -2.36. The van der Waals surface area contributed by atoms with Gasteiger partial charge >= 0.3 is 17.9 Å². The molecule has 14 nitrogen and oxygen atoms in total. The number of rotatable bonds is 10. The average Bonchev–Trinajstić information content (AvgIpc) is 3.59. The van der Waals surface area contributed by atoms with Gasteiger partial charge in [0.25, 0.3) is 0 Å².